The molecule has 2 atom stereocenters. The standard InChI is InChI=1S/C10H16N2O5S3/c1-20(16,17)8-5-18-3-2-11(8)10(15)12-6-19-4-7(12)9(13)14/h7-8H,2-6H2,1H3,(H,13,14)/t7-,8?/m0/s1. The first-order valence-corrected chi connectivity index (χ1v) is 10.2. The summed E-state index contributed by atoms with van der Waals surface area (Å²) < 4.78 is 23.6. The van der Waals surface area contributed by atoms with Crippen molar-refractivity contribution < 1.29 is 23.1 Å². The molecule has 2 saturated heterocycles. The van der Waals surface area contributed by atoms with Crippen molar-refractivity contribution in [3.63, 3.8) is 0 Å². The number of carboxylic acid groups (broad SMARTS) is 1. The molecule has 2 aliphatic heterocycles. The summed E-state index contributed by atoms with van der Waals surface area (Å²) in [6.45, 7) is 0.328. The van der Waals surface area contributed by atoms with E-state index in [0.29, 0.717) is 23.8 Å². The van der Waals surface area contributed by atoms with Gasteiger partial charge >= 0.3 is 12.0 Å². The molecule has 0 aromatic carbocycles. The Morgan fingerprint density at radius 1 is 1.20 bits per heavy atom. The summed E-state index contributed by atoms with van der Waals surface area (Å²) in [5.74, 6) is 0.578. The Hall–Kier alpha value is -0.610. The summed E-state index contributed by atoms with van der Waals surface area (Å²) in [7, 11) is -3.38. The number of rotatable bonds is 2. The number of nitrogens with zero attached hydrogens (tertiary/aromatic N) is 2. The van der Waals surface area contributed by atoms with Crippen LogP contribution in [0.1, 0.15) is 0 Å². The van der Waals surface area contributed by atoms with E-state index in [1.165, 1.54) is 33.3 Å². The first-order valence-electron chi connectivity index (χ1n) is 5.97. The highest BCUT2D eigenvalue weighted by molar-refractivity contribution is 8.01. The number of carbonyl (C=O) groups excluding carboxylic acids is 1. The molecule has 0 spiro atoms. The third kappa shape index (κ3) is 3.17. The third-order valence-electron chi connectivity index (χ3n) is 3.24. The summed E-state index contributed by atoms with van der Waals surface area (Å²) in [5, 5.41) is 8.24. The van der Waals surface area contributed by atoms with Crippen LogP contribution in [-0.2, 0) is 14.6 Å². The van der Waals surface area contributed by atoms with Crippen LogP contribution in [0, 0.1) is 0 Å². The van der Waals surface area contributed by atoms with Gasteiger partial charge in [-0.3, -0.25) is 0 Å². The SMILES string of the molecule is CS(=O)(=O)C1CSCCN1C(=O)N1CSC[C@H]1C(=O)O. The fourth-order valence-electron chi connectivity index (χ4n) is 2.16. The highest BCUT2D eigenvalue weighted by atomic mass is 32.2. The molecule has 2 fully saturated rings. The molecule has 10 heteroatoms. The Labute approximate surface area is 126 Å². The Balaban J connectivity index is 2.20. The number of hydrogen-bond donors (Lipinski definition) is 1. The second-order valence-corrected chi connectivity index (χ2v) is 9.01. The summed E-state index contributed by atoms with van der Waals surface area (Å²) in [6, 6.07) is -1.36. The van der Waals surface area contributed by atoms with Crippen molar-refractivity contribution >= 4 is 45.4 Å². The molecule has 20 heavy (non-hydrogen) atoms. The number of carbonyl (C=O) groups is 2. The van der Waals surface area contributed by atoms with Gasteiger partial charge in [-0.2, -0.15) is 11.8 Å². The molecular weight excluding hydrogens is 324 g/mol. The molecule has 0 aromatic rings. The number of aliphatic carboxylic acids is 1. The molecule has 7 nitrogen and oxygen atoms in total. The topological polar surface area (TPSA) is 95.0 Å². The summed E-state index contributed by atoms with van der Waals surface area (Å²) in [5.41, 5.74) is 0. The minimum atomic E-state index is -3.38. The highest BCUT2D eigenvalue weighted by Crippen LogP contribution is 2.27. The first-order chi connectivity index (χ1) is 9.32. The molecule has 2 amide bonds. The van der Waals surface area contributed by atoms with Crippen molar-refractivity contribution in [1.82, 2.24) is 9.80 Å². The largest absolute Gasteiger partial charge is 0.480 e. The quantitative estimate of drug-likeness (QED) is 0.755. The van der Waals surface area contributed by atoms with E-state index in [2.05, 4.69) is 0 Å². The van der Waals surface area contributed by atoms with Gasteiger partial charge in [-0.05, 0) is 0 Å². The smallest absolute Gasteiger partial charge is 0.327 e. The van der Waals surface area contributed by atoms with Crippen molar-refractivity contribution in [2.45, 2.75) is 11.4 Å². The van der Waals surface area contributed by atoms with E-state index in [1.54, 1.807) is 0 Å². The van der Waals surface area contributed by atoms with Crippen LogP contribution in [0.3, 0.4) is 0 Å². The molecule has 2 heterocycles. The fourth-order valence-corrected chi connectivity index (χ4v) is 6.10. The van der Waals surface area contributed by atoms with Crippen LogP contribution < -0.4 is 0 Å². The predicted octanol–water partition coefficient (Wildman–Crippen LogP) is -0.0146. The van der Waals surface area contributed by atoms with E-state index in [0.717, 1.165) is 6.26 Å². The van der Waals surface area contributed by atoms with Gasteiger partial charge < -0.3 is 14.9 Å². The van der Waals surface area contributed by atoms with Crippen molar-refractivity contribution in [1.29, 1.82) is 0 Å². The lowest BCUT2D eigenvalue weighted by atomic mass is 10.3. The molecule has 2 aliphatic rings. The van der Waals surface area contributed by atoms with Gasteiger partial charge in [0.25, 0.3) is 0 Å². The van der Waals surface area contributed by atoms with Gasteiger partial charge in [-0.15, -0.1) is 11.8 Å². The van der Waals surface area contributed by atoms with Crippen LogP contribution in [-0.4, -0.2) is 82.7 Å². The summed E-state index contributed by atoms with van der Waals surface area (Å²) in [6.07, 6.45) is 1.11. The van der Waals surface area contributed by atoms with E-state index in [4.69, 9.17) is 5.11 Å². The van der Waals surface area contributed by atoms with Gasteiger partial charge in [0.15, 0.2) is 9.84 Å². The molecule has 114 valence electrons. The highest BCUT2D eigenvalue weighted by Gasteiger charge is 2.41. The zero-order valence-electron chi connectivity index (χ0n) is 10.9. The average Bonchev–Trinajstić information content (AvgIpc) is 2.86. The first kappa shape index (κ1) is 15.8. The van der Waals surface area contributed by atoms with Crippen LogP contribution in [0.15, 0.2) is 0 Å². The summed E-state index contributed by atoms with van der Waals surface area (Å²) >= 11 is 2.85. The van der Waals surface area contributed by atoms with Gasteiger partial charge in [0.05, 0.1) is 5.88 Å². The molecule has 0 radical (unpaired) electrons. The van der Waals surface area contributed by atoms with Crippen LogP contribution >= 0.6 is 23.5 Å². The molecule has 1 N–H and O–H groups in total. The lowest BCUT2D eigenvalue weighted by Gasteiger charge is -2.37. The Morgan fingerprint density at radius 3 is 2.50 bits per heavy atom. The maximum absolute atomic E-state index is 12.5. The molecule has 0 aromatic heterocycles. The number of hydrogen-bond acceptors (Lipinski definition) is 6. The lowest BCUT2D eigenvalue weighted by molar-refractivity contribution is -0.140. The Morgan fingerprint density at radius 2 is 1.90 bits per heavy atom. The van der Waals surface area contributed by atoms with E-state index < -0.39 is 33.3 Å². The molecule has 0 bridgehead atoms. The van der Waals surface area contributed by atoms with Crippen LogP contribution in [0.5, 0.6) is 0 Å². The van der Waals surface area contributed by atoms with E-state index in [9.17, 15) is 18.0 Å². The lowest BCUT2D eigenvalue weighted by Crippen LogP contribution is -2.56. The van der Waals surface area contributed by atoms with Crippen molar-refractivity contribution in [2.75, 3.05) is 35.9 Å². The van der Waals surface area contributed by atoms with Gasteiger partial charge in [0.2, 0.25) is 0 Å². The van der Waals surface area contributed by atoms with Crippen LogP contribution in [0.4, 0.5) is 4.79 Å². The monoisotopic (exact) mass is 340 g/mol. The predicted molar refractivity (Wildman–Crippen MR) is 78.6 cm³/mol. The zero-order valence-corrected chi connectivity index (χ0v) is 13.3. The minimum absolute atomic E-state index is 0.288. The van der Waals surface area contributed by atoms with E-state index in [-0.39, 0.29) is 5.88 Å². The fraction of sp³-hybridized carbons (Fsp3) is 0.800. The second kappa shape index (κ2) is 6.02. The van der Waals surface area contributed by atoms with Crippen molar-refractivity contribution in [3.8, 4) is 0 Å². The third-order valence-corrected chi connectivity index (χ3v) is 6.89. The number of urea groups is 1. The van der Waals surface area contributed by atoms with Gasteiger partial charge in [0.1, 0.15) is 11.4 Å². The van der Waals surface area contributed by atoms with Crippen LogP contribution in [0.25, 0.3) is 0 Å². The van der Waals surface area contributed by atoms with Crippen molar-refractivity contribution in [3.05, 3.63) is 0 Å². The number of amides is 2. The van der Waals surface area contributed by atoms with E-state index in [1.807, 2.05) is 0 Å². The van der Waals surface area contributed by atoms with E-state index >= 15 is 0 Å². The number of thioether (sulfide) groups is 2. The normalized spacial score (nSPS) is 27.6. The molecule has 1 unspecified atom stereocenters. The second-order valence-electron chi connectivity index (χ2n) is 4.66. The molecule has 2 rings (SSSR count). The molecule has 0 aliphatic carbocycles. The maximum atomic E-state index is 12.5. The van der Waals surface area contributed by atoms with Gasteiger partial charge in [-0.1, -0.05) is 0 Å². The Bertz CT molecular complexity index is 509. The van der Waals surface area contributed by atoms with Gasteiger partial charge in [-0.25, -0.2) is 18.0 Å². The summed E-state index contributed by atoms with van der Waals surface area (Å²) in [4.78, 5) is 26.2. The molecular formula is C10H16N2O5S3. The number of carboxylic acids is 1. The minimum Gasteiger partial charge on any atom is -0.480 e. The van der Waals surface area contributed by atoms with Crippen molar-refractivity contribution in [2.24, 2.45) is 0 Å². The number of sulfone groups is 1. The average molecular weight is 340 g/mol. The Kier molecular flexibility index (Phi) is 4.75. The maximum Gasteiger partial charge on any atom is 0.327 e. The zero-order chi connectivity index (χ0) is 14.9. The van der Waals surface area contributed by atoms with Gasteiger partial charge in [0, 0.05) is 30.1 Å². The molecule has 0 saturated carbocycles. The van der Waals surface area contributed by atoms with Crippen LogP contribution in [0.2, 0.25) is 0 Å².